The summed E-state index contributed by atoms with van der Waals surface area (Å²) in [7, 11) is 0. The maximum atomic E-state index is 13.3. The molecule has 0 fully saturated rings. The minimum absolute atomic E-state index is 0.0668. The minimum atomic E-state index is -1.17. The van der Waals surface area contributed by atoms with E-state index in [1.807, 2.05) is 0 Å². The lowest BCUT2D eigenvalue weighted by molar-refractivity contribution is -0.145. The fraction of sp³-hybridized carbons (Fsp3) is 0.375. The summed E-state index contributed by atoms with van der Waals surface area (Å²) < 4.78 is 20.7. The fourth-order valence-corrected chi connectivity index (χ4v) is 3.34. The molecule has 0 radical (unpaired) electrons. The van der Waals surface area contributed by atoms with Gasteiger partial charge in [-0.1, -0.05) is 60.7 Å². The van der Waals surface area contributed by atoms with Crippen LogP contribution in [0.4, 0.5) is 9.59 Å². The second-order valence-corrected chi connectivity index (χ2v) is 11.7. The van der Waals surface area contributed by atoms with Crippen molar-refractivity contribution in [3.8, 4) is 0 Å². The molecule has 0 saturated heterocycles. The van der Waals surface area contributed by atoms with Crippen molar-refractivity contribution in [2.45, 2.75) is 66.0 Å². The van der Waals surface area contributed by atoms with Crippen LogP contribution in [-0.2, 0) is 51.3 Å². The van der Waals surface area contributed by atoms with Gasteiger partial charge in [0, 0.05) is 0 Å². The molecule has 2 rings (SSSR count). The van der Waals surface area contributed by atoms with Crippen molar-refractivity contribution in [2.24, 2.45) is 0 Å². The van der Waals surface area contributed by atoms with Crippen molar-refractivity contribution in [2.75, 3.05) is 13.1 Å². The molecular weight excluding hydrogens is 600 g/mol. The second kappa shape index (κ2) is 17.2. The Hall–Kier alpha value is -5.40. The number of esters is 2. The Balaban J connectivity index is 2.30. The number of ether oxygens (including phenoxy) is 4. The summed E-state index contributed by atoms with van der Waals surface area (Å²) in [5.41, 5.74) is -2.25. The average Bonchev–Trinajstić information content (AvgIpc) is 2.97. The van der Waals surface area contributed by atoms with E-state index >= 15 is 0 Å². The van der Waals surface area contributed by atoms with E-state index in [1.165, 1.54) is 0 Å². The Morgan fingerprint density at radius 1 is 0.543 bits per heavy atom. The molecule has 0 spiro atoms. The minimum Gasteiger partial charge on any atom is -0.460 e. The number of benzene rings is 2. The van der Waals surface area contributed by atoms with Crippen LogP contribution in [0.5, 0.6) is 0 Å². The third kappa shape index (κ3) is 14.9. The van der Waals surface area contributed by atoms with E-state index in [1.54, 1.807) is 102 Å². The number of amides is 4. The largest absolute Gasteiger partial charge is 0.460 e. The molecule has 0 heterocycles. The average molecular weight is 641 g/mol. The molecule has 4 N–H and O–H groups in total. The molecule has 4 amide bonds. The molecule has 2 aromatic carbocycles. The van der Waals surface area contributed by atoms with Crippen LogP contribution in [0.25, 0.3) is 0 Å². The lowest BCUT2D eigenvalue weighted by atomic mass is 10.2. The zero-order valence-electron chi connectivity index (χ0n) is 26.7. The molecule has 14 heteroatoms. The van der Waals surface area contributed by atoms with Crippen LogP contribution in [0.1, 0.15) is 52.7 Å². The van der Waals surface area contributed by atoms with Crippen molar-refractivity contribution in [3.63, 3.8) is 0 Å². The molecule has 0 bridgehead atoms. The van der Waals surface area contributed by atoms with E-state index in [-0.39, 0.29) is 13.2 Å². The van der Waals surface area contributed by atoms with Crippen molar-refractivity contribution < 1.29 is 47.7 Å². The molecule has 2 aromatic rings. The van der Waals surface area contributed by atoms with E-state index < -0.39 is 71.6 Å². The molecule has 0 unspecified atom stereocenters. The Labute approximate surface area is 267 Å². The Kier molecular flexibility index (Phi) is 13.7. The molecule has 0 aliphatic heterocycles. The Morgan fingerprint density at radius 2 is 0.870 bits per heavy atom. The summed E-state index contributed by atoms with van der Waals surface area (Å²) in [4.78, 5) is 76.8. The second-order valence-electron chi connectivity index (χ2n) is 11.7. The van der Waals surface area contributed by atoms with E-state index in [9.17, 15) is 28.8 Å². The SMILES string of the molecule is CC(C)(C)OC(=O)N/C(C(=O)NCC(=O)OCc1ccccc1)=C(/NC(=O)OC(C)(C)C)C(=O)NCC(=O)OCc1ccccc1. The van der Waals surface area contributed by atoms with Crippen molar-refractivity contribution in [1.82, 2.24) is 21.3 Å². The maximum Gasteiger partial charge on any atom is 0.412 e. The van der Waals surface area contributed by atoms with Gasteiger partial charge in [0.25, 0.3) is 11.8 Å². The smallest absolute Gasteiger partial charge is 0.412 e. The predicted molar refractivity (Wildman–Crippen MR) is 164 cm³/mol. The predicted octanol–water partition coefficient (Wildman–Crippen LogP) is 2.97. The summed E-state index contributed by atoms with van der Waals surface area (Å²) in [6, 6.07) is 17.6. The standard InChI is InChI=1S/C32H40N4O10/c1-31(2,3)45-29(41)35-25(27(39)33-17-23(37)43-19-21-13-9-7-10-14-21)26(36-30(42)46-32(4,5)6)28(40)34-18-24(38)44-20-22-15-11-8-12-16-22/h7-16H,17-20H2,1-6H3,(H,33,39)(H,34,40)(H,35,41)(H,36,42)/b26-25+. The van der Waals surface area contributed by atoms with Gasteiger partial charge >= 0.3 is 24.1 Å². The van der Waals surface area contributed by atoms with Crippen LogP contribution in [0.3, 0.4) is 0 Å². The van der Waals surface area contributed by atoms with Gasteiger partial charge in [0.2, 0.25) is 0 Å². The molecule has 0 aromatic heterocycles. The first-order valence-electron chi connectivity index (χ1n) is 14.2. The van der Waals surface area contributed by atoms with E-state index in [2.05, 4.69) is 21.3 Å². The zero-order chi connectivity index (χ0) is 34.3. The van der Waals surface area contributed by atoms with Gasteiger partial charge in [-0.05, 0) is 52.7 Å². The molecule has 248 valence electrons. The molecule has 0 saturated carbocycles. The van der Waals surface area contributed by atoms with Gasteiger partial charge in [0.1, 0.15) is 48.9 Å². The molecule has 46 heavy (non-hydrogen) atoms. The van der Waals surface area contributed by atoms with E-state index in [0.717, 1.165) is 0 Å². The fourth-order valence-electron chi connectivity index (χ4n) is 3.34. The van der Waals surface area contributed by atoms with Gasteiger partial charge < -0.3 is 29.6 Å². The van der Waals surface area contributed by atoms with Crippen LogP contribution in [0.15, 0.2) is 72.1 Å². The molecule has 0 atom stereocenters. The number of rotatable bonds is 12. The van der Waals surface area contributed by atoms with Gasteiger partial charge in [-0.3, -0.25) is 29.8 Å². The number of hydrogen-bond donors (Lipinski definition) is 4. The first-order valence-corrected chi connectivity index (χ1v) is 14.2. The molecular formula is C32H40N4O10. The van der Waals surface area contributed by atoms with Crippen molar-refractivity contribution in [3.05, 3.63) is 83.2 Å². The topological polar surface area (TPSA) is 187 Å². The Morgan fingerprint density at radius 3 is 1.17 bits per heavy atom. The summed E-state index contributed by atoms with van der Waals surface area (Å²) in [5, 5.41) is 8.77. The number of alkyl carbamates (subject to hydrolysis) is 2. The van der Waals surface area contributed by atoms with Crippen LogP contribution in [0, 0.1) is 0 Å². The highest BCUT2D eigenvalue weighted by Gasteiger charge is 2.29. The maximum absolute atomic E-state index is 13.3. The lowest BCUT2D eigenvalue weighted by Gasteiger charge is -2.23. The quantitative estimate of drug-likeness (QED) is 0.153. The monoisotopic (exact) mass is 640 g/mol. The summed E-state index contributed by atoms with van der Waals surface area (Å²) >= 11 is 0. The highest BCUT2D eigenvalue weighted by atomic mass is 16.6. The zero-order valence-corrected chi connectivity index (χ0v) is 26.7. The van der Waals surface area contributed by atoms with Crippen LogP contribution < -0.4 is 21.3 Å². The van der Waals surface area contributed by atoms with Crippen molar-refractivity contribution in [1.29, 1.82) is 0 Å². The number of hydrogen-bond acceptors (Lipinski definition) is 10. The van der Waals surface area contributed by atoms with Crippen molar-refractivity contribution >= 4 is 35.9 Å². The first-order chi connectivity index (χ1) is 21.5. The van der Waals surface area contributed by atoms with Gasteiger partial charge in [-0.2, -0.15) is 0 Å². The van der Waals surface area contributed by atoms with Gasteiger partial charge in [0.15, 0.2) is 0 Å². The van der Waals surface area contributed by atoms with Crippen LogP contribution >= 0.6 is 0 Å². The molecule has 0 aliphatic carbocycles. The van der Waals surface area contributed by atoms with Gasteiger partial charge in [-0.15, -0.1) is 0 Å². The highest BCUT2D eigenvalue weighted by Crippen LogP contribution is 2.11. The Bertz CT molecular complexity index is 1300. The molecule has 0 aliphatic rings. The van der Waals surface area contributed by atoms with Crippen LogP contribution in [0.2, 0.25) is 0 Å². The third-order valence-corrected chi connectivity index (χ3v) is 5.23. The van der Waals surface area contributed by atoms with Crippen LogP contribution in [-0.4, -0.2) is 60.2 Å². The third-order valence-electron chi connectivity index (χ3n) is 5.23. The number of carbonyl (C=O) groups excluding carboxylic acids is 6. The lowest BCUT2D eigenvalue weighted by Crippen LogP contribution is -2.46. The van der Waals surface area contributed by atoms with Gasteiger partial charge in [-0.25, -0.2) is 9.59 Å². The summed E-state index contributed by atoms with van der Waals surface area (Å²) in [5.74, 6) is -4.01. The van der Waals surface area contributed by atoms with Gasteiger partial charge in [0.05, 0.1) is 0 Å². The summed E-state index contributed by atoms with van der Waals surface area (Å²) in [6.07, 6.45) is -2.33. The number of carbonyl (C=O) groups is 6. The first kappa shape index (κ1) is 36.8. The van der Waals surface area contributed by atoms with E-state index in [4.69, 9.17) is 18.9 Å². The van der Waals surface area contributed by atoms with E-state index in [0.29, 0.717) is 11.1 Å². The summed E-state index contributed by atoms with van der Waals surface area (Å²) in [6.45, 7) is 7.90. The molecule has 14 nitrogen and oxygen atoms in total. The highest BCUT2D eigenvalue weighted by molar-refractivity contribution is 6.08. The normalized spacial score (nSPS) is 11.6. The number of nitrogens with one attached hydrogen (secondary N) is 4.